The number of hydrogen-bond donors (Lipinski definition) is 3. The summed E-state index contributed by atoms with van der Waals surface area (Å²) >= 11 is 0. The minimum Gasteiger partial charge on any atom is -0.481 e. The lowest BCUT2D eigenvalue weighted by atomic mass is 9.90. The van der Waals surface area contributed by atoms with Crippen LogP contribution in [-0.2, 0) is 4.79 Å². The number of benzene rings is 1. The van der Waals surface area contributed by atoms with E-state index in [1.165, 1.54) is 0 Å². The van der Waals surface area contributed by atoms with Crippen LogP contribution in [0.1, 0.15) is 24.4 Å². The Kier molecular flexibility index (Phi) is 2.38. The van der Waals surface area contributed by atoms with Gasteiger partial charge in [-0.25, -0.2) is 4.98 Å². The van der Waals surface area contributed by atoms with Crippen LogP contribution in [0.2, 0.25) is 0 Å². The number of fused-ring (bicyclic) bond motifs is 1. The molecule has 18 heavy (non-hydrogen) atoms. The number of carboxylic acid groups (broad SMARTS) is 1. The van der Waals surface area contributed by atoms with Gasteiger partial charge in [-0.3, -0.25) is 4.79 Å². The van der Waals surface area contributed by atoms with Crippen LogP contribution in [0, 0.1) is 5.41 Å². The third-order valence-electron chi connectivity index (χ3n) is 3.83. The first-order chi connectivity index (χ1) is 8.67. The molecule has 2 aromatic rings. The van der Waals surface area contributed by atoms with Crippen molar-refractivity contribution >= 4 is 17.0 Å². The largest absolute Gasteiger partial charge is 0.481 e. The summed E-state index contributed by atoms with van der Waals surface area (Å²) in [6.45, 7) is 0. The molecule has 0 radical (unpaired) electrons. The minimum atomic E-state index is -0.716. The number of aliphatic carboxylic acids is 1. The summed E-state index contributed by atoms with van der Waals surface area (Å²) in [4.78, 5) is 18.6. The van der Waals surface area contributed by atoms with Crippen LogP contribution in [0.5, 0.6) is 0 Å². The van der Waals surface area contributed by atoms with E-state index in [4.69, 9.17) is 0 Å². The highest BCUT2D eigenvalue weighted by atomic mass is 16.4. The van der Waals surface area contributed by atoms with Crippen LogP contribution in [0.15, 0.2) is 24.5 Å². The molecule has 1 fully saturated rings. The van der Waals surface area contributed by atoms with Crippen LogP contribution in [0.4, 0.5) is 0 Å². The van der Waals surface area contributed by atoms with Crippen LogP contribution >= 0.6 is 0 Å². The van der Waals surface area contributed by atoms with E-state index in [2.05, 4.69) is 15.3 Å². The minimum absolute atomic E-state index is 0.150. The second-order valence-corrected chi connectivity index (χ2v) is 4.86. The SMILES string of the molecule is CNC(c1ccc2nc[nH]c2c1)C1(C(=O)O)CC1. The average Bonchev–Trinajstić information content (AvgIpc) is 3.02. The number of H-pyrrole nitrogens is 1. The lowest BCUT2D eigenvalue weighted by Crippen LogP contribution is -2.32. The predicted molar refractivity (Wildman–Crippen MR) is 67.2 cm³/mol. The van der Waals surface area contributed by atoms with Gasteiger partial charge in [-0.2, -0.15) is 0 Å². The summed E-state index contributed by atoms with van der Waals surface area (Å²) in [5.74, 6) is -0.716. The smallest absolute Gasteiger partial charge is 0.311 e. The summed E-state index contributed by atoms with van der Waals surface area (Å²) in [5.41, 5.74) is 2.19. The molecule has 1 atom stereocenters. The van der Waals surface area contributed by atoms with Crippen LogP contribution in [-0.4, -0.2) is 28.1 Å². The Bertz CT molecular complexity index is 601. The van der Waals surface area contributed by atoms with Gasteiger partial charge in [0, 0.05) is 6.04 Å². The van der Waals surface area contributed by atoms with Gasteiger partial charge in [0.25, 0.3) is 0 Å². The number of nitrogens with zero attached hydrogens (tertiary/aromatic N) is 1. The monoisotopic (exact) mass is 245 g/mol. The quantitative estimate of drug-likeness (QED) is 0.766. The maximum atomic E-state index is 11.4. The molecule has 0 amide bonds. The van der Waals surface area contributed by atoms with Crippen molar-refractivity contribution in [2.75, 3.05) is 7.05 Å². The van der Waals surface area contributed by atoms with Crippen molar-refractivity contribution in [2.45, 2.75) is 18.9 Å². The summed E-state index contributed by atoms with van der Waals surface area (Å²) in [6.07, 6.45) is 3.11. The third kappa shape index (κ3) is 1.51. The number of aromatic amines is 1. The maximum Gasteiger partial charge on any atom is 0.311 e. The van der Waals surface area contributed by atoms with E-state index >= 15 is 0 Å². The molecule has 1 heterocycles. The van der Waals surface area contributed by atoms with Crippen LogP contribution in [0.25, 0.3) is 11.0 Å². The lowest BCUT2D eigenvalue weighted by Gasteiger charge is -2.23. The molecule has 3 N–H and O–H groups in total. The number of aromatic nitrogens is 2. The van der Waals surface area contributed by atoms with E-state index in [0.29, 0.717) is 0 Å². The highest BCUT2D eigenvalue weighted by Gasteiger charge is 2.56. The molecule has 94 valence electrons. The Morgan fingerprint density at radius 3 is 2.94 bits per heavy atom. The molecule has 0 aliphatic heterocycles. The van der Waals surface area contributed by atoms with E-state index < -0.39 is 11.4 Å². The van der Waals surface area contributed by atoms with Gasteiger partial charge in [-0.1, -0.05) is 6.07 Å². The van der Waals surface area contributed by atoms with E-state index in [0.717, 1.165) is 29.4 Å². The van der Waals surface area contributed by atoms with Crippen molar-refractivity contribution in [1.82, 2.24) is 15.3 Å². The van der Waals surface area contributed by atoms with E-state index in [1.54, 1.807) is 6.33 Å². The molecule has 5 heteroatoms. The normalized spacial score (nSPS) is 18.7. The van der Waals surface area contributed by atoms with Crippen molar-refractivity contribution in [1.29, 1.82) is 0 Å². The van der Waals surface area contributed by atoms with Crippen LogP contribution in [0.3, 0.4) is 0 Å². The molecule has 1 saturated carbocycles. The predicted octanol–water partition coefficient (Wildman–Crippen LogP) is 1.69. The zero-order chi connectivity index (χ0) is 12.8. The molecule has 1 aromatic carbocycles. The number of carboxylic acids is 1. The Morgan fingerprint density at radius 1 is 1.56 bits per heavy atom. The van der Waals surface area contributed by atoms with Gasteiger partial charge in [-0.05, 0) is 37.6 Å². The summed E-state index contributed by atoms with van der Waals surface area (Å²) < 4.78 is 0. The van der Waals surface area contributed by atoms with Gasteiger partial charge in [0.2, 0.25) is 0 Å². The van der Waals surface area contributed by atoms with Gasteiger partial charge in [0.1, 0.15) is 0 Å². The Hall–Kier alpha value is -1.88. The third-order valence-corrected chi connectivity index (χ3v) is 3.83. The van der Waals surface area contributed by atoms with Crippen molar-refractivity contribution < 1.29 is 9.90 Å². The van der Waals surface area contributed by atoms with E-state index in [-0.39, 0.29) is 6.04 Å². The van der Waals surface area contributed by atoms with Gasteiger partial charge in [0.05, 0.1) is 22.8 Å². The molecular formula is C13H15N3O2. The molecule has 1 aromatic heterocycles. The number of nitrogens with one attached hydrogen (secondary N) is 2. The number of hydrogen-bond acceptors (Lipinski definition) is 3. The Labute approximate surface area is 104 Å². The summed E-state index contributed by atoms with van der Waals surface area (Å²) in [7, 11) is 1.81. The van der Waals surface area contributed by atoms with Crippen LogP contribution < -0.4 is 5.32 Å². The molecular weight excluding hydrogens is 230 g/mol. The number of carbonyl (C=O) groups is 1. The fourth-order valence-corrected chi connectivity index (χ4v) is 2.66. The van der Waals surface area contributed by atoms with E-state index in [1.807, 2.05) is 25.2 Å². The average molecular weight is 245 g/mol. The second kappa shape index (κ2) is 3.81. The molecule has 1 aliphatic carbocycles. The first-order valence-electron chi connectivity index (χ1n) is 6.01. The standard InChI is InChI=1S/C13H15N3O2/c1-14-11(13(4-5-13)12(17)18)8-2-3-9-10(6-8)16-7-15-9/h2-3,6-7,11,14H,4-5H2,1H3,(H,15,16)(H,17,18). The van der Waals surface area contributed by atoms with Crippen molar-refractivity contribution in [2.24, 2.45) is 5.41 Å². The first kappa shape index (κ1) is 11.2. The second-order valence-electron chi connectivity index (χ2n) is 4.86. The summed E-state index contributed by atoms with van der Waals surface area (Å²) in [6, 6.07) is 5.70. The fraction of sp³-hybridized carbons (Fsp3) is 0.385. The summed E-state index contributed by atoms with van der Waals surface area (Å²) in [5, 5.41) is 12.5. The molecule has 1 unspecified atom stereocenters. The zero-order valence-corrected chi connectivity index (χ0v) is 10.1. The highest BCUT2D eigenvalue weighted by molar-refractivity contribution is 5.80. The topological polar surface area (TPSA) is 78.0 Å². The molecule has 0 saturated heterocycles. The van der Waals surface area contributed by atoms with E-state index in [9.17, 15) is 9.90 Å². The van der Waals surface area contributed by atoms with Gasteiger partial charge in [-0.15, -0.1) is 0 Å². The Morgan fingerprint density at radius 2 is 2.33 bits per heavy atom. The molecule has 0 spiro atoms. The van der Waals surface area contributed by atoms with Crippen molar-refractivity contribution in [3.8, 4) is 0 Å². The molecule has 1 aliphatic rings. The van der Waals surface area contributed by atoms with Crippen molar-refractivity contribution in [3.63, 3.8) is 0 Å². The lowest BCUT2D eigenvalue weighted by molar-refractivity contribution is -0.144. The highest BCUT2D eigenvalue weighted by Crippen LogP contribution is 2.55. The first-order valence-corrected chi connectivity index (χ1v) is 6.01. The molecule has 3 rings (SSSR count). The van der Waals surface area contributed by atoms with Crippen molar-refractivity contribution in [3.05, 3.63) is 30.1 Å². The molecule has 5 nitrogen and oxygen atoms in total. The Balaban J connectivity index is 2.03. The van der Waals surface area contributed by atoms with Gasteiger partial charge < -0.3 is 15.4 Å². The zero-order valence-electron chi connectivity index (χ0n) is 10.1. The fourth-order valence-electron chi connectivity index (χ4n) is 2.66. The molecule has 0 bridgehead atoms. The number of imidazole rings is 1. The maximum absolute atomic E-state index is 11.4. The van der Waals surface area contributed by atoms with Gasteiger partial charge >= 0.3 is 5.97 Å². The van der Waals surface area contributed by atoms with Gasteiger partial charge in [0.15, 0.2) is 0 Å². The number of rotatable bonds is 4.